The number of sulfone groups is 1. The van der Waals surface area contributed by atoms with E-state index < -0.39 is 49.0 Å². The van der Waals surface area contributed by atoms with Crippen molar-refractivity contribution < 1.29 is 25.6 Å². The maximum atomic E-state index is 13.5. The highest BCUT2D eigenvalue weighted by atomic mass is 35.5. The van der Waals surface area contributed by atoms with Gasteiger partial charge in [-0.05, 0) is 30.7 Å². The van der Waals surface area contributed by atoms with Crippen molar-refractivity contribution in [2.75, 3.05) is 30.9 Å². The van der Waals surface area contributed by atoms with Crippen molar-refractivity contribution in [2.24, 2.45) is 0 Å². The molecule has 2 rings (SSSR count). The lowest BCUT2D eigenvalue weighted by atomic mass is 9.86. The molecule has 0 radical (unpaired) electrons. The highest BCUT2D eigenvalue weighted by Gasteiger charge is 2.30. The van der Waals surface area contributed by atoms with Crippen LogP contribution in [0.4, 0.5) is 8.78 Å². The van der Waals surface area contributed by atoms with Gasteiger partial charge in [-0.2, -0.15) is 0 Å². The molecule has 0 amide bonds. The van der Waals surface area contributed by atoms with E-state index in [0.29, 0.717) is 25.1 Å². The molecule has 2 atom stereocenters. The molecule has 2 unspecified atom stereocenters. The third kappa shape index (κ3) is 6.78. The fraction of sp³-hybridized carbons (Fsp3) is 0.571. The van der Waals surface area contributed by atoms with Crippen LogP contribution in [0.3, 0.4) is 0 Å². The Bertz CT molecular complexity index is 803. The minimum Gasteiger partial charge on any atom is -0.315 e. The van der Waals surface area contributed by atoms with Gasteiger partial charge >= 0.3 is 0 Å². The van der Waals surface area contributed by atoms with E-state index in [2.05, 4.69) is 10.0 Å². The average Bonchev–Trinajstić information content (AvgIpc) is 2.48. The molecule has 2 N–H and O–H groups in total. The van der Waals surface area contributed by atoms with Crippen LogP contribution in [0, 0.1) is 11.6 Å². The van der Waals surface area contributed by atoms with Gasteiger partial charge in [-0.1, -0.05) is 6.07 Å². The number of benzene rings is 1. The van der Waals surface area contributed by atoms with Crippen LogP contribution in [-0.4, -0.2) is 53.7 Å². The summed E-state index contributed by atoms with van der Waals surface area (Å²) in [6.45, 7) is 0.937. The van der Waals surface area contributed by atoms with Crippen LogP contribution in [0.1, 0.15) is 17.9 Å². The first-order chi connectivity index (χ1) is 11.1. The zero-order valence-corrected chi connectivity index (χ0v) is 16.0. The lowest BCUT2D eigenvalue weighted by Gasteiger charge is -2.33. The maximum absolute atomic E-state index is 13.5. The number of sulfonamides is 1. The summed E-state index contributed by atoms with van der Waals surface area (Å²) in [6, 6.07) is 2.96. The van der Waals surface area contributed by atoms with Crippen LogP contribution in [-0.2, 0) is 19.9 Å². The molecule has 6 nitrogen and oxygen atoms in total. The van der Waals surface area contributed by atoms with Crippen LogP contribution >= 0.6 is 12.4 Å². The van der Waals surface area contributed by atoms with Gasteiger partial charge in [0.25, 0.3) is 0 Å². The Morgan fingerprint density at radius 1 is 1.16 bits per heavy atom. The molecular formula is C14H21ClF2N2O4S2. The number of hydrogen-bond acceptors (Lipinski definition) is 5. The molecule has 0 aromatic heterocycles. The number of halogens is 3. The second-order valence-corrected chi connectivity index (χ2v) is 10.1. The molecule has 1 aliphatic rings. The van der Waals surface area contributed by atoms with Gasteiger partial charge < -0.3 is 5.32 Å². The van der Waals surface area contributed by atoms with Crippen LogP contribution < -0.4 is 10.0 Å². The van der Waals surface area contributed by atoms with E-state index in [9.17, 15) is 25.6 Å². The predicted octanol–water partition coefficient (Wildman–Crippen LogP) is 0.796. The monoisotopic (exact) mass is 418 g/mol. The maximum Gasteiger partial charge on any atom is 0.212 e. The van der Waals surface area contributed by atoms with E-state index in [1.54, 1.807) is 0 Å². The first kappa shape index (κ1) is 22.2. The first-order valence-corrected chi connectivity index (χ1v) is 11.1. The Hall–Kier alpha value is -0.810. The molecule has 0 saturated carbocycles. The number of hydrogen-bond donors (Lipinski definition) is 2. The van der Waals surface area contributed by atoms with Crippen LogP contribution in [0.5, 0.6) is 0 Å². The fourth-order valence-corrected chi connectivity index (χ4v) is 5.59. The van der Waals surface area contributed by atoms with E-state index in [4.69, 9.17) is 0 Å². The van der Waals surface area contributed by atoms with Crippen LogP contribution in [0.25, 0.3) is 0 Å². The lowest BCUT2D eigenvalue weighted by Crippen LogP contribution is -2.50. The predicted molar refractivity (Wildman–Crippen MR) is 94.3 cm³/mol. The highest BCUT2D eigenvalue weighted by Crippen LogP contribution is 2.27. The van der Waals surface area contributed by atoms with E-state index in [1.165, 1.54) is 6.07 Å². The van der Waals surface area contributed by atoms with Crippen molar-refractivity contribution >= 4 is 32.3 Å². The second-order valence-electron chi connectivity index (χ2n) is 5.95. The fourth-order valence-electron chi connectivity index (χ4n) is 2.68. The van der Waals surface area contributed by atoms with Crippen molar-refractivity contribution in [1.29, 1.82) is 0 Å². The van der Waals surface area contributed by atoms with Gasteiger partial charge in [-0.15, -0.1) is 12.4 Å². The minimum atomic E-state index is -3.81. The molecule has 1 fully saturated rings. The summed E-state index contributed by atoms with van der Waals surface area (Å²) in [5.74, 6) is -3.28. The minimum absolute atomic E-state index is 0. The Morgan fingerprint density at radius 2 is 1.84 bits per heavy atom. The smallest absolute Gasteiger partial charge is 0.212 e. The van der Waals surface area contributed by atoms with Gasteiger partial charge in [-0.25, -0.2) is 30.3 Å². The second kappa shape index (κ2) is 8.72. The number of piperidine rings is 1. The molecule has 1 heterocycles. The van der Waals surface area contributed by atoms with Crippen molar-refractivity contribution in [2.45, 2.75) is 18.4 Å². The SMILES string of the molecule is CS(=O)(=O)CCS(=O)(=O)NC1CNCCC1c1ccc(F)c(F)c1.Cl. The van der Waals surface area contributed by atoms with Crippen molar-refractivity contribution in [1.82, 2.24) is 10.0 Å². The molecule has 0 bridgehead atoms. The Kier molecular flexibility index (Phi) is 7.75. The molecule has 1 aliphatic heterocycles. The third-order valence-corrected chi connectivity index (χ3v) is 6.52. The molecule has 25 heavy (non-hydrogen) atoms. The normalized spacial score (nSPS) is 21.6. The molecule has 1 saturated heterocycles. The Balaban J connectivity index is 0.00000312. The Morgan fingerprint density at radius 3 is 2.44 bits per heavy atom. The number of nitrogens with one attached hydrogen (secondary N) is 2. The zero-order valence-electron chi connectivity index (χ0n) is 13.5. The zero-order chi connectivity index (χ0) is 18.0. The van der Waals surface area contributed by atoms with Gasteiger partial charge in [0.05, 0.1) is 11.5 Å². The molecule has 0 spiro atoms. The third-order valence-electron chi connectivity index (χ3n) is 3.91. The summed E-state index contributed by atoms with van der Waals surface area (Å²) in [6.07, 6.45) is 1.51. The topological polar surface area (TPSA) is 92.3 Å². The van der Waals surface area contributed by atoms with E-state index >= 15 is 0 Å². The average molecular weight is 419 g/mol. The summed E-state index contributed by atoms with van der Waals surface area (Å²) in [5, 5.41) is 3.04. The lowest BCUT2D eigenvalue weighted by molar-refractivity contribution is 0.376. The van der Waals surface area contributed by atoms with E-state index in [1.807, 2.05) is 0 Å². The van der Waals surface area contributed by atoms with E-state index in [-0.39, 0.29) is 18.3 Å². The van der Waals surface area contributed by atoms with Gasteiger partial charge in [0.2, 0.25) is 10.0 Å². The molecular weight excluding hydrogens is 398 g/mol. The molecule has 1 aromatic rings. The molecule has 11 heteroatoms. The summed E-state index contributed by atoms with van der Waals surface area (Å²) in [4.78, 5) is 0. The highest BCUT2D eigenvalue weighted by molar-refractivity contribution is 7.93. The van der Waals surface area contributed by atoms with Gasteiger partial charge in [0.15, 0.2) is 11.6 Å². The summed E-state index contributed by atoms with van der Waals surface area (Å²) in [5.41, 5.74) is 0.506. The summed E-state index contributed by atoms with van der Waals surface area (Å²) in [7, 11) is -7.21. The first-order valence-electron chi connectivity index (χ1n) is 7.41. The van der Waals surface area contributed by atoms with Crippen molar-refractivity contribution in [3.8, 4) is 0 Å². The van der Waals surface area contributed by atoms with Gasteiger partial charge in [0.1, 0.15) is 9.84 Å². The van der Waals surface area contributed by atoms with Crippen LogP contribution in [0.15, 0.2) is 18.2 Å². The number of rotatable bonds is 6. The van der Waals surface area contributed by atoms with Gasteiger partial charge in [0, 0.05) is 24.8 Å². The van der Waals surface area contributed by atoms with E-state index in [0.717, 1.165) is 18.4 Å². The summed E-state index contributed by atoms with van der Waals surface area (Å²) >= 11 is 0. The molecule has 0 aliphatic carbocycles. The van der Waals surface area contributed by atoms with Crippen molar-refractivity contribution in [3.05, 3.63) is 35.4 Å². The summed E-state index contributed by atoms with van der Waals surface area (Å²) < 4.78 is 75.5. The molecule has 1 aromatic carbocycles. The Labute approximate surface area is 152 Å². The molecule has 144 valence electrons. The van der Waals surface area contributed by atoms with Crippen LogP contribution in [0.2, 0.25) is 0 Å². The quantitative estimate of drug-likeness (QED) is 0.712. The van der Waals surface area contributed by atoms with Crippen molar-refractivity contribution in [3.63, 3.8) is 0 Å². The largest absolute Gasteiger partial charge is 0.315 e. The standard InChI is InChI=1S/C14H20F2N2O4S2.ClH/c1-23(19,20)6-7-24(21,22)18-14-9-17-5-4-11(14)10-2-3-12(15)13(16)8-10;/h2-3,8,11,14,17-18H,4-7,9H2,1H3;1H. The van der Waals surface area contributed by atoms with Gasteiger partial charge in [-0.3, -0.25) is 0 Å².